The molecule has 1 aromatic heterocycles. The molecule has 0 bridgehead atoms. The van der Waals surface area contributed by atoms with E-state index in [4.69, 9.17) is 11.6 Å². The van der Waals surface area contributed by atoms with E-state index in [9.17, 15) is 5.11 Å². The Bertz CT molecular complexity index is 746. The maximum Gasteiger partial charge on any atom is 0.225 e. The lowest BCUT2D eigenvalue weighted by molar-refractivity contribution is 0.248. The third-order valence-electron chi connectivity index (χ3n) is 4.52. The molecule has 6 heteroatoms. The minimum Gasteiger partial charge on any atom is -0.394 e. The van der Waals surface area contributed by atoms with Crippen molar-refractivity contribution in [3.8, 4) is 0 Å². The lowest BCUT2D eigenvalue weighted by Gasteiger charge is -2.21. The molecule has 0 aliphatic heterocycles. The lowest BCUT2D eigenvalue weighted by Crippen LogP contribution is -2.30. The second kappa shape index (κ2) is 7.58. The van der Waals surface area contributed by atoms with Crippen molar-refractivity contribution in [3.05, 3.63) is 40.5 Å². The van der Waals surface area contributed by atoms with Gasteiger partial charge in [0.2, 0.25) is 5.95 Å². The molecule has 1 aromatic carbocycles. The van der Waals surface area contributed by atoms with Crippen molar-refractivity contribution < 1.29 is 5.11 Å². The second-order valence-corrected chi connectivity index (χ2v) is 7.47. The van der Waals surface area contributed by atoms with Crippen molar-refractivity contribution in [2.24, 2.45) is 5.92 Å². The van der Waals surface area contributed by atoms with Gasteiger partial charge in [-0.1, -0.05) is 31.5 Å². The van der Waals surface area contributed by atoms with Crippen molar-refractivity contribution in [2.75, 3.05) is 17.2 Å². The molecule has 5 nitrogen and oxygen atoms in total. The average molecular weight is 361 g/mol. The molecule has 0 saturated heterocycles. The first kappa shape index (κ1) is 18.0. The quantitative estimate of drug-likeness (QED) is 0.678. The van der Waals surface area contributed by atoms with Gasteiger partial charge in [-0.3, -0.25) is 0 Å². The lowest BCUT2D eigenvalue weighted by atomic mass is 10.1. The fourth-order valence-corrected chi connectivity index (χ4v) is 2.81. The molecule has 0 spiro atoms. The summed E-state index contributed by atoms with van der Waals surface area (Å²) in [6.45, 7) is 6.20. The Morgan fingerprint density at radius 1 is 1.24 bits per heavy atom. The SMILES string of the molecule is Cc1ccc(Cl)cc1Nc1cc(C2CC2)nc(N[C@H](CO)C(C)C)n1. The molecule has 1 aliphatic rings. The summed E-state index contributed by atoms with van der Waals surface area (Å²) in [5.41, 5.74) is 3.07. The number of aryl methyl sites for hydroxylation is 1. The van der Waals surface area contributed by atoms with Crippen LogP contribution in [-0.2, 0) is 0 Å². The first-order chi connectivity index (χ1) is 12.0. The highest BCUT2D eigenvalue weighted by molar-refractivity contribution is 6.30. The Morgan fingerprint density at radius 3 is 2.64 bits per heavy atom. The molecule has 2 aromatic rings. The average Bonchev–Trinajstić information content (AvgIpc) is 3.40. The summed E-state index contributed by atoms with van der Waals surface area (Å²) in [6, 6.07) is 7.68. The minimum atomic E-state index is -0.0739. The van der Waals surface area contributed by atoms with E-state index in [1.54, 1.807) is 0 Å². The van der Waals surface area contributed by atoms with Crippen molar-refractivity contribution >= 4 is 29.1 Å². The largest absolute Gasteiger partial charge is 0.394 e. The Labute approximate surface area is 153 Å². The zero-order chi connectivity index (χ0) is 18.0. The predicted molar refractivity (Wildman–Crippen MR) is 103 cm³/mol. The van der Waals surface area contributed by atoms with Gasteiger partial charge in [-0.15, -0.1) is 0 Å². The molecule has 0 amide bonds. The molecule has 134 valence electrons. The number of aromatic nitrogens is 2. The summed E-state index contributed by atoms with van der Waals surface area (Å²) >= 11 is 6.12. The van der Waals surface area contributed by atoms with E-state index in [1.807, 2.05) is 31.2 Å². The van der Waals surface area contributed by atoms with Crippen LogP contribution in [0.3, 0.4) is 0 Å². The normalized spacial score (nSPS) is 15.3. The van der Waals surface area contributed by atoms with Crippen molar-refractivity contribution in [1.82, 2.24) is 9.97 Å². The number of halogens is 1. The molecule has 1 fully saturated rings. The molecule has 1 atom stereocenters. The molecule has 1 saturated carbocycles. The second-order valence-electron chi connectivity index (χ2n) is 7.04. The van der Waals surface area contributed by atoms with Crippen LogP contribution in [-0.4, -0.2) is 27.7 Å². The number of benzene rings is 1. The number of nitrogens with zero attached hydrogens (tertiary/aromatic N) is 2. The Kier molecular flexibility index (Phi) is 5.45. The maximum atomic E-state index is 9.57. The number of rotatable bonds is 7. The van der Waals surface area contributed by atoms with Gasteiger partial charge in [0, 0.05) is 22.7 Å². The first-order valence-corrected chi connectivity index (χ1v) is 9.13. The molecule has 1 heterocycles. The third-order valence-corrected chi connectivity index (χ3v) is 4.75. The summed E-state index contributed by atoms with van der Waals surface area (Å²) < 4.78 is 0. The van der Waals surface area contributed by atoms with Crippen LogP contribution in [0, 0.1) is 12.8 Å². The highest BCUT2D eigenvalue weighted by Crippen LogP contribution is 2.40. The monoisotopic (exact) mass is 360 g/mol. The molecular formula is C19H25ClN4O. The first-order valence-electron chi connectivity index (χ1n) is 8.76. The van der Waals surface area contributed by atoms with Gasteiger partial charge in [-0.05, 0) is 43.4 Å². The number of aliphatic hydroxyl groups excluding tert-OH is 1. The number of anilines is 3. The van der Waals surface area contributed by atoms with E-state index in [0.29, 0.717) is 16.9 Å². The highest BCUT2D eigenvalue weighted by Gasteiger charge is 2.26. The summed E-state index contributed by atoms with van der Waals surface area (Å²) in [5, 5.41) is 16.9. The topological polar surface area (TPSA) is 70.1 Å². The van der Waals surface area contributed by atoms with Gasteiger partial charge in [-0.25, -0.2) is 4.98 Å². The Hall–Kier alpha value is -1.85. The highest BCUT2D eigenvalue weighted by atomic mass is 35.5. The molecular weight excluding hydrogens is 336 g/mol. The van der Waals surface area contributed by atoms with E-state index in [1.165, 1.54) is 12.8 Å². The van der Waals surface area contributed by atoms with E-state index in [0.717, 1.165) is 22.8 Å². The Morgan fingerprint density at radius 2 is 2.00 bits per heavy atom. The summed E-state index contributed by atoms with van der Waals surface area (Å²) in [7, 11) is 0. The summed E-state index contributed by atoms with van der Waals surface area (Å²) in [6.07, 6.45) is 2.33. The zero-order valence-corrected chi connectivity index (χ0v) is 15.6. The van der Waals surface area contributed by atoms with Crippen LogP contribution in [0.5, 0.6) is 0 Å². The minimum absolute atomic E-state index is 0.0465. The number of aliphatic hydroxyl groups is 1. The standard InChI is InChI=1S/C19H25ClN4O/c1-11(2)17(10-25)23-19-22-16(13-5-6-13)9-18(24-19)21-15-8-14(20)7-4-12(15)3/h4,7-9,11,13,17,25H,5-6,10H2,1-3H3,(H2,21,22,23,24)/t17-/m1/s1. The number of nitrogens with one attached hydrogen (secondary N) is 2. The van der Waals surface area contributed by atoms with Gasteiger partial charge in [0.05, 0.1) is 18.3 Å². The van der Waals surface area contributed by atoms with Gasteiger partial charge < -0.3 is 15.7 Å². The van der Waals surface area contributed by atoms with Crippen LogP contribution >= 0.6 is 11.6 Å². The molecule has 25 heavy (non-hydrogen) atoms. The van der Waals surface area contributed by atoms with Gasteiger partial charge in [-0.2, -0.15) is 4.98 Å². The molecule has 1 aliphatic carbocycles. The van der Waals surface area contributed by atoms with Crippen LogP contribution in [0.4, 0.5) is 17.5 Å². The van der Waals surface area contributed by atoms with Crippen LogP contribution < -0.4 is 10.6 Å². The number of hydrogen-bond acceptors (Lipinski definition) is 5. The van der Waals surface area contributed by atoms with Gasteiger partial charge >= 0.3 is 0 Å². The van der Waals surface area contributed by atoms with Crippen molar-refractivity contribution in [2.45, 2.75) is 45.6 Å². The van der Waals surface area contributed by atoms with Gasteiger partial charge in [0.1, 0.15) is 5.82 Å². The van der Waals surface area contributed by atoms with Crippen LogP contribution in [0.2, 0.25) is 5.02 Å². The molecule has 0 radical (unpaired) electrons. The summed E-state index contributed by atoms with van der Waals surface area (Å²) in [5.74, 6) is 2.09. The molecule has 3 rings (SSSR count). The fraction of sp³-hybridized carbons (Fsp3) is 0.474. The van der Waals surface area contributed by atoms with Crippen molar-refractivity contribution in [3.63, 3.8) is 0 Å². The van der Waals surface area contributed by atoms with Gasteiger partial charge in [0.25, 0.3) is 0 Å². The third kappa shape index (κ3) is 4.61. The van der Waals surface area contributed by atoms with Crippen LogP contribution in [0.1, 0.15) is 43.9 Å². The van der Waals surface area contributed by atoms with Crippen molar-refractivity contribution in [1.29, 1.82) is 0 Å². The van der Waals surface area contributed by atoms with Crippen LogP contribution in [0.25, 0.3) is 0 Å². The van der Waals surface area contributed by atoms with Crippen LogP contribution in [0.15, 0.2) is 24.3 Å². The molecule has 3 N–H and O–H groups in total. The van der Waals surface area contributed by atoms with E-state index >= 15 is 0 Å². The number of hydrogen-bond donors (Lipinski definition) is 3. The van der Waals surface area contributed by atoms with E-state index < -0.39 is 0 Å². The Balaban J connectivity index is 1.89. The predicted octanol–water partition coefficient (Wildman–Crippen LogP) is 4.49. The smallest absolute Gasteiger partial charge is 0.225 e. The molecule has 0 unspecified atom stereocenters. The summed E-state index contributed by atoms with van der Waals surface area (Å²) in [4.78, 5) is 9.24. The van der Waals surface area contributed by atoms with E-state index in [2.05, 4.69) is 34.4 Å². The van der Waals surface area contributed by atoms with E-state index in [-0.39, 0.29) is 18.6 Å². The maximum absolute atomic E-state index is 9.57. The van der Waals surface area contributed by atoms with Gasteiger partial charge in [0.15, 0.2) is 0 Å². The zero-order valence-electron chi connectivity index (χ0n) is 14.9. The fourth-order valence-electron chi connectivity index (χ4n) is 2.64.